The van der Waals surface area contributed by atoms with Crippen molar-refractivity contribution in [2.45, 2.75) is 32.2 Å². The highest BCUT2D eigenvalue weighted by atomic mass is 19.1. The normalized spacial score (nSPS) is 16.3. The van der Waals surface area contributed by atoms with Gasteiger partial charge in [0.15, 0.2) is 5.82 Å². The quantitative estimate of drug-likeness (QED) is 0.782. The number of piperidine rings is 1. The van der Waals surface area contributed by atoms with E-state index in [1.54, 1.807) is 12.1 Å². The largest absolute Gasteiger partial charge is 0.299 e. The predicted octanol–water partition coefficient (Wildman–Crippen LogP) is 3.03. The number of nitrogens with one attached hydrogen (secondary N) is 1. The lowest BCUT2D eigenvalue weighted by molar-refractivity contribution is 0.201. The Morgan fingerprint density at radius 1 is 1.19 bits per heavy atom. The molecule has 1 fully saturated rings. The summed E-state index contributed by atoms with van der Waals surface area (Å²) in [5, 5.41) is 11.8. The third kappa shape index (κ3) is 3.53. The fourth-order valence-electron chi connectivity index (χ4n) is 3.59. The Labute approximate surface area is 152 Å². The first-order valence-electron chi connectivity index (χ1n) is 8.98. The van der Waals surface area contributed by atoms with Crippen LogP contribution in [-0.4, -0.2) is 43.0 Å². The van der Waals surface area contributed by atoms with Crippen LogP contribution in [0.4, 0.5) is 4.39 Å². The summed E-state index contributed by atoms with van der Waals surface area (Å²) in [6, 6.07) is 6.29. The number of halogens is 1. The lowest BCUT2D eigenvalue weighted by Gasteiger charge is -2.30. The van der Waals surface area contributed by atoms with E-state index >= 15 is 0 Å². The molecule has 0 radical (unpaired) electrons. The van der Waals surface area contributed by atoms with E-state index in [2.05, 4.69) is 38.3 Å². The van der Waals surface area contributed by atoms with Crippen molar-refractivity contribution in [2.75, 3.05) is 13.1 Å². The molecule has 3 aromatic rings. The van der Waals surface area contributed by atoms with Gasteiger partial charge >= 0.3 is 0 Å². The van der Waals surface area contributed by atoms with E-state index in [9.17, 15) is 4.39 Å². The van der Waals surface area contributed by atoms with E-state index in [0.29, 0.717) is 11.7 Å². The van der Waals surface area contributed by atoms with Crippen molar-refractivity contribution in [1.29, 1.82) is 0 Å². The first kappa shape index (κ1) is 16.9. The maximum Gasteiger partial charge on any atom is 0.181 e. The minimum absolute atomic E-state index is 0.249. The highest BCUT2D eigenvalue weighted by molar-refractivity contribution is 5.54. The van der Waals surface area contributed by atoms with Gasteiger partial charge in [0, 0.05) is 36.8 Å². The van der Waals surface area contributed by atoms with Crippen molar-refractivity contribution in [3.8, 4) is 11.4 Å². The van der Waals surface area contributed by atoms with Crippen LogP contribution in [0.2, 0.25) is 0 Å². The second-order valence-corrected chi connectivity index (χ2v) is 7.01. The number of rotatable bonds is 4. The number of aromatic nitrogens is 5. The molecule has 0 aliphatic carbocycles. The molecule has 0 spiro atoms. The maximum atomic E-state index is 13.1. The Hall–Kier alpha value is -2.54. The van der Waals surface area contributed by atoms with E-state index in [4.69, 9.17) is 0 Å². The molecule has 1 aliphatic heterocycles. The van der Waals surface area contributed by atoms with Crippen LogP contribution in [0.1, 0.15) is 35.8 Å². The number of likely N-dealkylation sites (tertiary alicyclic amines) is 1. The second kappa shape index (κ2) is 6.99. The van der Waals surface area contributed by atoms with Crippen molar-refractivity contribution in [3.63, 3.8) is 0 Å². The zero-order valence-corrected chi connectivity index (χ0v) is 15.1. The summed E-state index contributed by atoms with van der Waals surface area (Å²) in [5.74, 6) is 1.71. The zero-order valence-electron chi connectivity index (χ0n) is 15.1. The molecule has 136 valence electrons. The molecule has 0 saturated carbocycles. The van der Waals surface area contributed by atoms with Gasteiger partial charge in [-0.05, 0) is 57.1 Å². The highest BCUT2D eigenvalue weighted by Gasteiger charge is 2.24. The van der Waals surface area contributed by atoms with Crippen LogP contribution in [0.3, 0.4) is 0 Å². The number of aryl methyl sites for hydroxylation is 2. The van der Waals surface area contributed by atoms with Gasteiger partial charge in [-0.15, -0.1) is 0 Å². The van der Waals surface area contributed by atoms with Crippen LogP contribution in [0, 0.1) is 12.7 Å². The minimum Gasteiger partial charge on any atom is -0.299 e. The SMILES string of the molecule is Cc1nn(C)cc1CN1CCC(c2nc(-c3ccc(F)cc3)n[nH]2)CC1. The maximum absolute atomic E-state index is 13.1. The molecule has 3 heterocycles. The summed E-state index contributed by atoms with van der Waals surface area (Å²) in [7, 11) is 1.96. The average Bonchev–Trinajstić information content (AvgIpc) is 3.23. The van der Waals surface area contributed by atoms with E-state index in [1.807, 2.05) is 11.7 Å². The molecule has 1 saturated heterocycles. The summed E-state index contributed by atoms with van der Waals surface area (Å²) in [4.78, 5) is 7.11. The monoisotopic (exact) mass is 354 g/mol. The van der Waals surface area contributed by atoms with Crippen molar-refractivity contribution >= 4 is 0 Å². The van der Waals surface area contributed by atoms with Gasteiger partial charge in [0.2, 0.25) is 0 Å². The van der Waals surface area contributed by atoms with Gasteiger partial charge in [-0.2, -0.15) is 10.2 Å². The first-order valence-corrected chi connectivity index (χ1v) is 8.98. The first-order chi connectivity index (χ1) is 12.6. The van der Waals surface area contributed by atoms with Gasteiger partial charge in [-0.3, -0.25) is 14.7 Å². The van der Waals surface area contributed by atoms with E-state index < -0.39 is 0 Å². The fraction of sp³-hybridized carbons (Fsp3) is 0.421. The van der Waals surface area contributed by atoms with E-state index in [1.165, 1.54) is 17.7 Å². The van der Waals surface area contributed by atoms with Crippen LogP contribution in [-0.2, 0) is 13.6 Å². The van der Waals surface area contributed by atoms with E-state index in [0.717, 1.165) is 49.6 Å². The lowest BCUT2D eigenvalue weighted by atomic mass is 9.96. The number of hydrogen-bond acceptors (Lipinski definition) is 4. The fourth-order valence-corrected chi connectivity index (χ4v) is 3.59. The van der Waals surface area contributed by atoms with Crippen molar-refractivity contribution in [2.24, 2.45) is 7.05 Å². The van der Waals surface area contributed by atoms with Gasteiger partial charge in [0.1, 0.15) is 11.6 Å². The molecular weight excluding hydrogens is 331 g/mol. The molecule has 4 rings (SSSR count). The van der Waals surface area contributed by atoms with Crippen molar-refractivity contribution in [3.05, 3.63) is 53.4 Å². The van der Waals surface area contributed by atoms with Crippen LogP contribution < -0.4 is 0 Å². The van der Waals surface area contributed by atoms with E-state index in [-0.39, 0.29) is 5.82 Å². The summed E-state index contributed by atoms with van der Waals surface area (Å²) in [5.41, 5.74) is 3.23. The Morgan fingerprint density at radius 3 is 2.58 bits per heavy atom. The number of hydrogen-bond donors (Lipinski definition) is 1. The Balaban J connectivity index is 1.37. The van der Waals surface area contributed by atoms with Crippen molar-refractivity contribution < 1.29 is 4.39 Å². The number of H-pyrrole nitrogens is 1. The summed E-state index contributed by atoms with van der Waals surface area (Å²) in [6.45, 7) is 5.08. The molecule has 1 aliphatic rings. The number of benzene rings is 1. The topological polar surface area (TPSA) is 62.6 Å². The minimum atomic E-state index is -0.249. The average molecular weight is 354 g/mol. The molecule has 0 unspecified atom stereocenters. The number of nitrogens with zero attached hydrogens (tertiary/aromatic N) is 5. The van der Waals surface area contributed by atoms with Gasteiger partial charge < -0.3 is 0 Å². The van der Waals surface area contributed by atoms with Gasteiger partial charge in [0.25, 0.3) is 0 Å². The molecule has 0 atom stereocenters. The van der Waals surface area contributed by atoms with Crippen molar-refractivity contribution in [1.82, 2.24) is 29.9 Å². The molecule has 6 nitrogen and oxygen atoms in total. The van der Waals surface area contributed by atoms with Crippen LogP contribution in [0.15, 0.2) is 30.5 Å². The third-order valence-corrected chi connectivity index (χ3v) is 5.09. The lowest BCUT2D eigenvalue weighted by Crippen LogP contribution is -2.32. The number of aromatic amines is 1. The molecule has 2 aromatic heterocycles. The Morgan fingerprint density at radius 2 is 1.92 bits per heavy atom. The van der Waals surface area contributed by atoms with Crippen LogP contribution in [0.25, 0.3) is 11.4 Å². The second-order valence-electron chi connectivity index (χ2n) is 7.01. The standard InChI is InChI=1S/C19H23FN6/c1-13-16(11-25(2)24-13)12-26-9-7-15(8-10-26)19-21-18(22-23-19)14-3-5-17(20)6-4-14/h3-6,11,15H,7-10,12H2,1-2H3,(H,21,22,23). The van der Waals surface area contributed by atoms with Crippen LogP contribution in [0.5, 0.6) is 0 Å². The third-order valence-electron chi connectivity index (χ3n) is 5.09. The van der Waals surface area contributed by atoms with Gasteiger partial charge in [-0.1, -0.05) is 0 Å². The highest BCUT2D eigenvalue weighted by Crippen LogP contribution is 2.28. The Bertz CT molecular complexity index is 874. The summed E-state index contributed by atoms with van der Waals surface area (Å²) in [6.07, 6.45) is 4.21. The molecular formula is C19H23FN6. The smallest absolute Gasteiger partial charge is 0.181 e. The Kier molecular flexibility index (Phi) is 4.55. The zero-order chi connectivity index (χ0) is 18.1. The molecule has 7 heteroatoms. The predicted molar refractivity (Wildman–Crippen MR) is 97.0 cm³/mol. The molecule has 0 amide bonds. The van der Waals surface area contributed by atoms with Gasteiger partial charge in [-0.25, -0.2) is 9.37 Å². The van der Waals surface area contributed by atoms with Crippen LogP contribution >= 0.6 is 0 Å². The molecule has 1 N–H and O–H groups in total. The molecule has 26 heavy (non-hydrogen) atoms. The summed E-state index contributed by atoms with van der Waals surface area (Å²) >= 11 is 0. The van der Waals surface area contributed by atoms with Gasteiger partial charge in [0.05, 0.1) is 5.69 Å². The summed E-state index contributed by atoms with van der Waals surface area (Å²) < 4.78 is 14.9. The molecule has 1 aromatic carbocycles. The molecule has 0 bridgehead atoms.